The molecule has 8 heteroatoms. The van der Waals surface area contributed by atoms with Gasteiger partial charge in [-0.2, -0.15) is 9.57 Å². The van der Waals surface area contributed by atoms with E-state index in [1.165, 1.54) is 7.11 Å². The summed E-state index contributed by atoms with van der Waals surface area (Å²) in [5.41, 5.74) is 5.48. The molecular formula is C12H16FN3O3S. The van der Waals surface area contributed by atoms with Gasteiger partial charge in [-0.25, -0.2) is 12.8 Å². The normalized spacial score (nSPS) is 11.3. The molecule has 1 rings (SSSR count). The van der Waals surface area contributed by atoms with Crippen LogP contribution in [-0.2, 0) is 10.0 Å². The molecule has 0 heterocycles. The van der Waals surface area contributed by atoms with Crippen molar-refractivity contribution in [2.45, 2.75) is 18.2 Å². The summed E-state index contributed by atoms with van der Waals surface area (Å²) in [7, 11) is -2.64. The van der Waals surface area contributed by atoms with Gasteiger partial charge in [0.25, 0.3) is 0 Å². The van der Waals surface area contributed by atoms with Crippen molar-refractivity contribution in [2.75, 3.05) is 25.9 Å². The summed E-state index contributed by atoms with van der Waals surface area (Å²) in [6.07, 6.45) is 0.0567. The van der Waals surface area contributed by atoms with Gasteiger partial charge in [0.2, 0.25) is 10.0 Å². The van der Waals surface area contributed by atoms with Crippen molar-refractivity contribution >= 4 is 15.7 Å². The standard InChI is InChI=1S/C12H16FN3O3S/c1-3-16(6-4-5-14)20(17,18)9-7-10(13)12(19-2)11(15)8-9/h7-8H,3-4,6,15H2,1-2H3. The van der Waals surface area contributed by atoms with E-state index in [9.17, 15) is 12.8 Å². The average Bonchev–Trinajstić information content (AvgIpc) is 2.39. The van der Waals surface area contributed by atoms with E-state index in [-0.39, 0.29) is 35.8 Å². The van der Waals surface area contributed by atoms with Crippen LogP contribution in [0.4, 0.5) is 10.1 Å². The van der Waals surface area contributed by atoms with Crippen LogP contribution >= 0.6 is 0 Å². The summed E-state index contributed by atoms with van der Waals surface area (Å²) in [6.45, 7) is 1.86. The van der Waals surface area contributed by atoms with Crippen molar-refractivity contribution in [2.24, 2.45) is 0 Å². The molecule has 2 N–H and O–H groups in total. The summed E-state index contributed by atoms with van der Waals surface area (Å²) in [5.74, 6) is -1.04. The van der Waals surface area contributed by atoms with E-state index in [1.54, 1.807) is 6.92 Å². The molecule has 0 radical (unpaired) electrons. The summed E-state index contributed by atoms with van der Waals surface area (Å²) < 4.78 is 44.2. The minimum atomic E-state index is -3.89. The van der Waals surface area contributed by atoms with Crippen molar-refractivity contribution in [1.29, 1.82) is 5.26 Å². The third kappa shape index (κ3) is 3.18. The fourth-order valence-corrected chi connectivity index (χ4v) is 3.22. The monoisotopic (exact) mass is 301 g/mol. The molecule has 0 bridgehead atoms. The van der Waals surface area contributed by atoms with Crippen LogP contribution < -0.4 is 10.5 Å². The number of methoxy groups -OCH3 is 1. The van der Waals surface area contributed by atoms with Gasteiger partial charge in [0, 0.05) is 19.5 Å². The fourth-order valence-electron chi connectivity index (χ4n) is 1.73. The number of benzene rings is 1. The zero-order valence-corrected chi connectivity index (χ0v) is 12.1. The molecule has 0 spiro atoms. The molecule has 0 aliphatic carbocycles. The van der Waals surface area contributed by atoms with Crippen LogP contribution in [0.25, 0.3) is 0 Å². The maximum atomic E-state index is 13.7. The maximum absolute atomic E-state index is 13.7. The number of rotatable bonds is 6. The molecule has 0 saturated carbocycles. The lowest BCUT2D eigenvalue weighted by Gasteiger charge is -2.20. The van der Waals surface area contributed by atoms with Crippen molar-refractivity contribution < 1.29 is 17.5 Å². The zero-order chi connectivity index (χ0) is 15.3. The predicted molar refractivity (Wildman–Crippen MR) is 72.0 cm³/mol. The van der Waals surface area contributed by atoms with E-state index in [0.29, 0.717) is 0 Å². The minimum absolute atomic E-state index is 0.0445. The number of halogens is 1. The average molecular weight is 301 g/mol. The van der Waals surface area contributed by atoms with E-state index in [2.05, 4.69) is 0 Å². The molecule has 6 nitrogen and oxygen atoms in total. The Morgan fingerprint density at radius 3 is 2.60 bits per heavy atom. The van der Waals surface area contributed by atoms with Gasteiger partial charge < -0.3 is 10.5 Å². The molecule has 0 unspecified atom stereocenters. The summed E-state index contributed by atoms with van der Waals surface area (Å²) in [5, 5.41) is 8.54. The first-order valence-corrected chi connectivity index (χ1v) is 7.32. The van der Waals surface area contributed by atoms with Crippen molar-refractivity contribution in [3.63, 3.8) is 0 Å². The Morgan fingerprint density at radius 1 is 1.50 bits per heavy atom. The lowest BCUT2D eigenvalue weighted by atomic mass is 10.3. The molecule has 0 atom stereocenters. The second kappa shape index (κ2) is 6.54. The highest BCUT2D eigenvalue weighted by atomic mass is 32.2. The van der Waals surface area contributed by atoms with E-state index in [4.69, 9.17) is 15.7 Å². The smallest absolute Gasteiger partial charge is 0.243 e. The highest BCUT2D eigenvalue weighted by Crippen LogP contribution is 2.29. The number of anilines is 1. The SMILES string of the molecule is CCN(CCC#N)S(=O)(=O)c1cc(N)c(OC)c(F)c1. The van der Waals surface area contributed by atoms with Crippen LogP contribution in [0.1, 0.15) is 13.3 Å². The number of nitrogens with two attached hydrogens (primary N) is 1. The van der Waals surface area contributed by atoms with Gasteiger partial charge in [0.15, 0.2) is 11.6 Å². The molecule has 0 amide bonds. The molecule has 0 aromatic heterocycles. The molecule has 110 valence electrons. The Kier molecular flexibility index (Phi) is 5.30. The first-order valence-electron chi connectivity index (χ1n) is 5.88. The number of hydrogen-bond acceptors (Lipinski definition) is 5. The van der Waals surface area contributed by atoms with Crippen molar-refractivity contribution in [1.82, 2.24) is 4.31 Å². The van der Waals surface area contributed by atoms with E-state index in [0.717, 1.165) is 16.4 Å². The number of nitrogen functional groups attached to an aromatic ring is 1. The van der Waals surface area contributed by atoms with E-state index < -0.39 is 15.8 Å². The highest BCUT2D eigenvalue weighted by molar-refractivity contribution is 7.89. The third-order valence-electron chi connectivity index (χ3n) is 2.71. The second-order valence-electron chi connectivity index (χ2n) is 3.93. The molecular weight excluding hydrogens is 285 g/mol. The van der Waals surface area contributed by atoms with Crippen LogP contribution in [0.5, 0.6) is 5.75 Å². The fraction of sp³-hybridized carbons (Fsp3) is 0.417. The lowest BCUT2D eigenvalue weighted by molar-refractivity contribution is 0.387. The van der Waals surface area contributed by atoms with Gasteiger partial charge >= 0.3 is 0 Å². The summed E-state index contributed by atoms with van der Waals surface area (Å²) in [6, 6.07) is 3.88. The number of nitrogens with zero attached hydrogens (tertiary/aromatic N) is 2. The van der Waals surface area contributed by atoms with Crippen LogP contribution in [0.2, 0.25) is 0 Å². The van der Waals surface area contributed by atoms with Gasteiger partial charge in [-0.3, -0.25) is 0 Å². The molecule has 1 aromatic rings. The lowest BCUT2D eigenvalue weighted by Crippen LogP contribution is -2.31. The van der Waals surface area contributed by atoms with Crippen LogP contribution in [0.3, 0.4) is 0 Å². The Hall–Kier alpha value is -1.85. The van der Waals surface area contributed by atoms with Crippen LogP contribution in [0, 0.1) is 17.1 Å². The molecule has 0 fully saturated rings. The quantitative estimate of drug-likeness (QED) is 0.800. The molecule has 1 aromatic carbocycles. The maximum Gasteiger partial charge on any atom is 0.243 e. The molecule has 20 heavy (non-hydrogen) atoms. The first-order chi connectivity index (χ1) is 9.38. The largest absolute Gasteiger partial charge is 0.492 e. The second-order valence-corrected chi connectivity index (χ2v) is 5.87. The Bertz CT molecular complexity index is 602. The topological polar surface area (TPSA) is 96.4 Å². The number of sulfonamides is 1. The highest BCUT2D eigenvalue weighted by Gasteiger charge is 2.25. The number of nitriles is 1. The summed E-state index contributed by atoms with van der Waals surface area (Å²) in [4.78, 5) is -0.256. The third-order valence-corrected chi connectivity index (χ3v) is 4.67. The van der Waals surface area contributed by atoms with Gasteiger partial charge in [0.05, 0.1) is 23.8 Å². The Labute approximate surface area is 117 Å². The van der Waals surface area contributed by atoms with Crippen molar-refractivity contribution in [3.8, 4) is 11.8 Å². The first kappa shape index (κ1) is 16.2. The number of hydrogen-bond donors (Lipinski definition) is 1. The van der Waals surface area contributed by atoms with Gasteiger partial charge in [0.1, 0.15) is 0 Å². The predicted octanol–water partition coefficient (Wildman–Crippen LogP) is 1.34. The molecule has 0 aliphatic rings. The minimum Gasteiger partial charge on any atom is -0.492 e. The van der Waals surface area contributed by atoms with Crippen molar-refractivity contribution in [3.05, 3.63) is 17.9 Å². The van der Waals surface area contributed by atoms with Gasteiger partial charge in [-0.1, -0.05) is 6.92 Å². The summed E-state index contributed by atoms with van der Waals surface area (Å²) >= 11 is 0. The van der Waals surface area contributed by atoms with Gasteiger partial charge in [-0.15, -0.1) is 0 Å². The molecule has 0 saturated heterocycles. The Balaban J connectivity index is 3.25. The van der Waals surface area contributed by atoms with E-state index >= 15 is 0 Å². The molecule has 0 aliphatic heterocycles. The van der Waals surface area contributed by atoms with Crippen LogP contribution in [0.15, 0.2) is 17.0 Å². The van der Waals surface area contributed by atoms with E-state index in [1.807, 2.05) is 6.07 Å². The van der Waals surface area contributed by atoms with Crippen LogP contribution in [-0.4, -0.2) is 32.9 Å². The number of ether oxygens (including phenoxy) is 1. The van der Waals surface area contributed by atoms with Gasteiger partial charge in [-0.05, 0) is 12.1 Å². The zero-order valence-electron chi connectivity index (χ0n) is 11.3. The Morgan fingerprint density at radius 2 is 2.15 bits per heavy atom.